The van der Waals surface area contributed by atoms with Crippen LogP contribution in [0, 0.1) is 0 Å². The van der Waals surface area contributed by atoms with Crippen molar-refractivity contribution in [2.45, 2.75) is 26.4 Å². The third kappa shape index (κ3) is 7.39. The first kappa shape index (κ1) is 28.5. The number of hydrogen-bond acceptors (Lipinski definition) is 6. The third-order valence-corrected chi connectivity index (χ3v) is 7.07. The van der Waals surface area contributed by atoms with Gasteiger partial charge in [0.05, 0.1) is 36.2 Å². The minimum atomic E-state index is -3.88. The number of carbonyl (C=O) groups is 2. The largest absolute Gasteiger partial charge is 0.493 e. The van der Waals surface area contributed by atoms with Gasteiger partial charge in [-0.2, -0.15) is 0 Å². The molecule has 2 rings (SSSR count). The highest BCUT2D eigenvalue weighted by molar-refractivity contribution is 7.92. The molecule has 1 atom stereocenters. The van der Waals surface area contributed by atoms with Crippen LogP contribution < -0.4 is 19.1 Å². The summed E-state index contributed by atoms with van der Waals surface area (Å²) in [4.78, 5) is 27.4. The SMILES string of the molecule is CCNC(=O)C(C)N(Cc1ccc(Cl)c(Cl)c1)C(=O)CN(c1ccc(OC)c(OC)c1)S(C)(=O)=O. The first-order valence-corrected chi connectivity index (χ1v) is 13.2. The lowest BCUT2D eigenvalue weighted by Gasteiger charge is -2.31. The molecule has 0 heterocycles. The predicted octanol–water partition coefficient (Wildman–Crippen LogP) is 3.33. The van der Waals surface area contributed by atoms with Crippen molar-refractivity contribution >= 4 is 50.7 Å². The van der Waals surface area contributed by atoms with Gasteiger partial charge < -0.3 is 19.7 Å². The summed E-state index contributed by atoms with van der Waals surface area (Å²) in [5, 5.41) is 3.33. The summed E-state index contributed by atoms with van der Waals surface area (Å²) < 4.78 is 36.8. The zero-order chi connectivity index (χ0) is 26.3. The summed E-state index contributed by atoms with van der Waals surface area (Å²) in [5.74, 6) is -0.260. The highest BCUT2D eigenvalue weighted by atomic mass is 35.5. The topological polar surface area (TPSA) is 105 Å². The number of benzene rings is 2. The Balaban J connectivity index is 2.45. The van der Waals surface area contributed by atoms with Crippen LogP contribution in [0.4, 0.5) is 5.69 Å². The number of anilines is 1. The van der Waals surface area contributed by atoms with Gasteiger partial charge in [0.25, 0.3) is 0 Å². The van der Waals surface area contributed by atoms with E-state index in [1.165, 1.54) is 31.3 Å². The van der Waals surface area contributed by atoms with Crippen molar-refractivity contribution in [1.29, 1.82) is 0 Å². The summed E-state index contributed by atoms with van der Waals surface area (Å²) in [7, 11) is -1.00. The Kier molecular flexibility index (Phi) is 10.1. The lowest BCUT2D eigenvalue weighted by Crippen LogP contribution is -2.51. The van der Waals surface area contributed by atoms with Crippen LogP contribution in [-0.2, 0) is 26.2 Å². The minimum absolute atomic E-state index is 0.0115. The number of amides is 2. The van der Waals surface area contributed by atoms with Crippen LogP contribution in [0.5, 0.6) is 11.5 Å². The predicted molar refractivity (Wildman–Crippen MR) is 137 cm³/mol. The molecule has 1 N–H and O–H groups in total. The fraction of sp³-hybridized carbons (Fsp3) is 0.391. The molecule has 0 fully saturated rings. The molecule has 2 amide bonds. The lowest BCUT2D eigenvalue weighted by atomic mass is 10.1. The number of nitrogens with one attached hydrogen (secondary N) is 1. The smallest absolute Gasteiger partial charge is 0.244 e. The molecule has 12 heteroatoms. The number of carbonyl (C=O) groups excluding carboxylic acids is 2. The van der Waals surface area contributed by atoms with E-state index >= 15 is 0 Å². The van der Waals surface area contributed by atoms with E-state index in [1.54, 1.807) is 38.1 Å². The summed E-state index contributed by atoms with van der Waals surface area (Å²) in [5.41, 5.74) is 0.833. The number of nitrogens with zero attached hydrogens (tertiary/aromatic N) is 2. The van der Waals surface area contributed by atoms with E-state index in [0.717, 1.165) is 10.6 Å². The average molecular weight is 546 g/mol. The van der Waals surface area contributed by atoms with Gasteiger partial charge in [-0.25, -0.2) is 8.42 Å². The van der Waals surface area contributed by atoms with Gasteiger partial charge in [-0.15, -0.1) is 0 Å². The second kappa shape index (κ2) is 12.3. The van der Waals surface area contributed by atoms with Crippen LogP contribution >= 0.6 is 23.2 Å². The molecule has 2 aromatic carbocycles. The molecule has 192 valence electrons. The normalized spacial score (nSPS) is 12.0. The fourth-order valence-electron chi connectivity index (χ4n) is 3.33. The van der Waals surface area contributed by atoms with Crippen molar-refractivity contribution in [3.63, 3.8) is 0 Å². The lowest BCUT2D eigenvalue weighted by molar-refractivity contribution is -0.139. The highest BCUT2D eigenvalue weighted by Crippen LogP contribution is 2.32. The van der Waals surface area contributed by atoms with Gasteiger partial charge in [0.1, 0.15) is 12.6 Å². The number of methoxy groups -OCH3 is 2. The van der Waals surface area contributed by atoms with Crippen molar-refractivity contribution in [3.8, 4) is 11.5 Å². The number of halogens is 2. The molecule has 9 nitrogen and oxygen atoms in total. The summed E-state index contributed by atoms with van der Waals surface area (Å²) >= 11 is 12.1. The maximum Gasteiger partial charge on any atom is 0.244 e. The van der Waals surface area contributed by atoms with Crippen molar-refractivity contribution < 1.29 is 27.5 Å². The quantitative estimate of drug-likeness (QED) is 0.464. The monoisotopic (exact) mass is 545 g/mol. The van der Waals surface area contributed by atoms with Crippen molar-refractivity contribution in [3.05, 3.63) is 52.0 Å². The molecule has 0 saturated carbocycles. The van der Waals surface area contributed by atoms with Crippen LogP contribution in [0.1, 0.15) is 19.4 Å². The second-order valence-corrected chi connectivity index (χ2v) is 10.4. The molecule has 35 heavy (non-hydrogen) atoms. The number of rotatable bonds is 11. The number of hydrogen-bond donors (Lipinski definition) is 1. The van der Waals surface area contributed by atoms with E-state index in [2.05, 4.69) is 5.32 Å². The summed E-state index contributed by atoms with van der Waals surface area (Å²) in [6.45, 7) is 3.18. The second-order valence-electron chi connectivity index (χ2n) is 7.65. The molecule has 0 aliphatic heterocycles. The van der Waals surface area contributed by atoms with Gasteiger partial charge in [-0.3, -0.25) is 13.9 Å². The molecule has 1 unspecified atom stereocenters. The van der Waals surface area contributed by atoms with Crippen LogP contribution in [-0.4, -0.2) is 64.7 Å². The minimum Gasteiger partial charge on any atom is -0.493 e. The molecule has 0 aliphatic carbocycles. The van der Waals surface area contributed by atoms with Crippen molar-refractivity contribution in [2.75, 3.05) is 37.9 Å². The molecular weight excluding hydrogens is 517 g/mol. The third-order valence-electron chi connectivity index (χ3n) is 5.19. The first-order chi connectivity index (χ1) is 16.4. The van der Waals surface area contributed by atoms with Crippen LogP contribution in [0.25, 0.3) is 0 Å². The Morgan fingerprint density at radius 1 is 1.03 bits per heavy atom. The zero-order valence-corrected chi connectivity index (χ0v) is 22.5. The fourth-order valence-corrected chi connectivity index (χ4v) is 4.50. The van der Waals surface area contributed by atoms with Crippen molar-refractivity contribution in [2.24, 2.45) is 0 Å². The van der Waals surface area contributed by atoms with E-state index in [9.17, 15) is 18.0 Å². The maximum atomic E-state index is 13.5. The maximum absolute atomic E-state index is 13.5. The van der Waals surface area contributed by atoms with E-state index < -0.39 is 28.5 Å². The molecule has 0 aliphatic rings. The van der Waals surface area contributed by atoms with E-state index in [0.29, 0.717) is 33.7 Å². The molecule has 0 radical (unpaired) electrons. The summed E-state index contributed by atoms with van der Waals surface area (Å²) in [6, 6.07) is 8.49. The Morgan fingerprint density at radius 2 is 1.69 bits per heavy atom. The average Bonchev–Trinajstić information content (AvgIpc) is 2.81. The number of sulfonamides is 1. The van der Waals surface area contributed by atoms with E-state index in [-0.39, 0.29) is 18.1 Å². The standard InChI is InChI=1S/C23H29Cl2N3O6S/c1-6-26-23(30)15(2)27(13-16-7-9-18(24)19(25)11-16)22(29)14-28(35(5,31)32)17-8-10-20(33-3)21(12-17)34-4/h7-12,15H,6,13-14H2,1-5H3,(H,26,30). The highest BCUT2D eigenvalue weighted by Gasteiger charge is 2.30. The van der Waals surface area contributed by atoms with Crippen LogP contribution in [0.15, 0.2) is 36.4 Å². The Hall–Kier alpha value is -2.69. The molecular formula is C23H29Cl2N3O6S. The van der Waals surface area contributed by atoms with E-state index in [4.69, 9.17) is 32.7 Å². The number of ether oxygens (including phenoxy) is 2. The van der Waals surface area contributed by atoms with Crippen LogP contribution in [0.3, 0.4) is 0 Å². The molecule has 0 saturated heterocycles. The molecule has 0 aromatic heterocycles. The first-order valence-electron chi connectivity index (χ1n) is 10.6. The summed E-state index contributed by atoms with van der Waals surface area (Å²) in [6.07, 6.45) is 0.994. The van der Waals surface area contributed by atoms with Gasteiger partial charge in [-0.05, 0) is 43.7 Å². The number of likely N-dealkylation sites (N-methyl/N-ethyl adjacent to an activating group) is 1. The molecule has 0 bridgehead atoms. The van der Waals surface area contributed by atoms with Gasteiger partial charge in [0.2, 0.25) is 21.8 Å². The molecule has 0 spiro atoms. The van der Waals surface area contributed by atoms with Gasteiger partial charge in [-0.1, -0.05) is 29.3 Å². The Bertz CT molecular complexity index is 1180. The Labute approximate surface area is 215 Å². The van der Waals surface area contributed by atoms with Crippen LogP contribution in [0.2, 0.25) is 10.0 Å². The Morgan fingerprint density at radius 3 is 2.23 bits per heavy atom. The molecule has 2 aromatic rings. The van der Waals surface area contributed by atoms with E-state index in [1.807, 2.05) is 0 Å². The van der Waals surface area contributed by atoms with Gasteiger partial charge >= 0.3 is 0 Å². The zero-order valence-electron chi connectivity index (χ0n) is 20.2. The van der Waals surface area contributed by atoms with Crippen molar-refractivity contribution in [1.82, 2.24) is 10.2 Å². The van der Waals surface area contributed by atoms with Gasteiger partial charge in [0, 0.05) is 19.2 Å². The van der Waals surface area contributed by atoms with Gasteiger partial charge in [0.15, 0.2) is 11.5 Å².